The molecule has 0 N–H and O–H groups in total. The Balaban J connectivity index is 4.42. The van der Waals surface area contributed by atoms with Crippen molar-refractivity contribution in [2.24, 2.45) is 0 Å². The third-order valence-electron chi connectivity index (χ3n) is 12.1. The van der Waals surface area contributed by atoms with Crippen LogP contribution in [0.5, 0.6) is 0 Å². The maximum absolute atomic E-state index is 12.8. The lowest BCUT2D eigenvalue weighted by molar-refractivity contribution is -0.166. The van der Waals surface area contributed by atoms with Gasteiger partial charge in [-0.05, 0) is 83.5 Å². The lowest BCUT2D eigenvalue weighted by atomic mass is 10.0. The van der Waals surface area contributed by atoms with Crippen LogP contribution in [0.3, 0.4) is 0 Å². The van der Waals surface area contributed by atoms with Gasteiger partial charge < -0.3 is 14.2 Å². The van der Waals surface area contributed by atoms with Crippen molar-refractivity contribution in [3.63, 3.8) is 0 Å². The predicted octanol–water partition coefficient (Wildman–Crippen LogP) is 19.3. The maximum Gasteiger partial charge on any atom is 0.306 e. The summed E-state index contributed by atoms with van der Waals surface area (Å²) in [6, 6.07) is 0. The lowest BCUT2D eigenvalue weighted by Gasteiger charge is -2.18. The smallest absolute Gasteiger partial charge is 0.306 e. The number of ether oxygens (including phenoxy) is 3. The van der Waals surface area contributed by atoms with Crippen molar-refractivity contribution in [3.8, 4) is 0 Å². The van der Waals surface area contributed by atoms with Gasteiger partial charge in [0.05, 0.1) is 0 Å². The minimum atomic E-state index is -0.819. The van der Waals surface area contributed by atoms with Gasteiger partial charge in [-0.2, -0.15) is 0 Å². The molecule has 0 aromatic heterocycles. The molecule has 0 fully saturated rings. The third kappa shape index (κ3) is 55.1. The van der Waals surface area contributed by atoms with Crippen molar-refractivity contribution in [3.05, 3.63) is 97.2 Å². The fourth-order valence-corrected chi connectivity index (χ4v) is 7.86. The van der Waals surface area contributed by atoms with E-state index >= 15 is 0 Å². The fourth-order valence-electron chi connectivity index (χ4n) is 7.86. The van der Waals surface area contributed by atoms with Crippen molar-refractivity contribution in [1.82, 2.24) is 0 Å². The van der Waals surface area contributed by atoms with Crippen LogP contribution in [0, 0.1) is 0 Å². The molecule has 0 aliphatic heterocycles. The van der Waals surface area contributed by atoms with Crippen LogP contribution in [0.15, 0.2) is 97.2 Å². The highest BCUT2D eigenvalue weighted by atomic mass is 16.6. The highest BCUT2D eigenvalue weighted by Crippen LogP contribution is 2.16. The minimum absolute atomic E-state index is 0.108. The Kier molecular flexibility index (Phi) is 53.9. The molecule has 0 saturated heterocycles. The molecule has 0 spiro atoms. The number of hydrogen-bond acceptors (Lipinski definition) is 6. The van der Waals surface area contributed by atoms with Crippen LogP contribution in [0.1, 0.15) is 265 Å². The van der Waals surface area contributed by atoms with E-state index in [1.807, 2.05) is 12.2 Å². The summed E-state index contributed by atoms with van der Waals surface area (Å²) in [7, 11) is 0. The average Bonchev–Trinajstić information content (AvgIpc) is 3.35. The van der Waals surface area contributed by atoms with Gasteiger partial charge >= 0.3 is 17.9 Å². The van der Waals surface area contributed by atoms with E-state index < -0.39 is 6.10 Å². The molecule has 1 unspecified atom stereocenters. The lowest BCUT2D eigenvalue weighted by Crippen LogP contribution is -2.30. The molecule has 0 aliphatic rings. The monoisotopic (exact) mass is 959 g/mol. The average molecular weight is 960 g/mol. The minimum Gasteiger partial charge on any atom is -0.462 e. The highest BCUT2D eigenvalue weighted by Gasteiger charge is 2.19. The topological polar surface area (TPSA) is 78.9 Å². The van der Waals surface area contributed by atoms with Crippen molar-refractivity contribution in [1.29, 1.82) is 0 Å². The molecule has 0 aromatic rings. The Morgan fingerprint density at radius 2 is 0.594 bits per heavy atom. The second kappa shape index (κ2) is 56.9. The van der Waals surface area contributed by atoms with E-state index in [4.69, 9.17) is 14.2 Å². The van der Waals surface area contributed by atoms with Crippen LogP contribution in [0.25, 0.3) is 0 Å². The SMILES string of the molecule is CC/C=C\C/C=C\C/C=C\C/C=C\CCCCCCC(=O)OC(COC(=O)CC/C=C\C/C=C\C/C=C\C/C=C\CC)COC(=O)CCCCCCCCCCCCCCCCCCCCCCC. The zero-order valence-corrected chi connectivity index (χ0v) is 45.0. The third-order valence-corrected chi connectivity index (χ3v) is 12.1. The van der Waals surface area contributed by atoms with E-state index in [0.717, 1.165) is 103 Å². The molecule has 0 radical (unpaired) electrons. The summed E-state index contributed by atoms with van der Waals surface area (Å²) in [6.45, 7) is 6.34. The van der Waals surface area contributed by atoms with Gasteiger partial charge in [0.15, 0.2) is 6.10 Å². The van der Waals surface area contributed by atoms with Crippen LogP contribution in [-0.2, 0) is 28.6 Å². The second-order valence-electron chi connectivity index (χ2n) is 18.8. The number of allylic oxidation sites excluding steroid dienone is 16. The Hall–Kier alpha value is -3.67. The number of esters is 3. The Morgan fingerprint density at radius 1 is 0.304 bits per heavy atom. The van der Waals surface area contributed by atoms with E-state index in [9.17, 15) is 14.4 Å². The van der Waals surface area contributed by atoms with Gasteiger partial charge in [-0.25, -0.2) is 0 Å². The number of carbonyl (C=O) groups is 3. The van der Waals surface area contributed by atoms with Crippen molar-refractivity contribution in [2.75, 3.05) is 13.2 Å². The molecule has 6 heteroatoms. The summed E-state index contributed by atoms with van der Waals surface area (Å²) in [5.74, 6) is -1.01. The van der Waals surface area contributed by atoms with E-state index in [-0.39, 0.29) is 44.0 Å². The quantitative estimate of drug-likeness (QED) is 0.0262. The molecule has 69 heavy (non-hydrogen) atoms. The molecule has 0 bridgehead atoms. The van der Waals surface area contributed by atoms with Crippen molar-refractivity contribution < 1.29 is 28.6 Å². The van der Waals surface area contributed by atoms with Crippen LogP contribution in [0.2, 0.25) is 0 Å². The molecule has 394 valence electrons. The molecule has 0 aromatic carbocycles. The first kappa shape index (κ1) is 65.3. The van der Waals surface area contributed by atoms with Gasteiger partial charge in [0.1, 0.15) is 13.2 Å². The molecule has 6 nitrogen and oxygen atoms in total. The summed E-state index contributed by atoms with van der Waals surface area (Å²) in [6.07, 6.45) is 75.6. The van der Waals surface area contributed by atoms with E-state index in [1.54, 1.807) is 0 Å². The van der Waals surface area contributed by atoms with Gasteiger partial charge in [-0.1, -0.05) is 259 Å². The number of hydrogen-bond donors (Lipinski definition) is 0. The van der Waals surface area contributed by atoms with E-state index in [1.165, 1.54) is 116 Å². The van der Waals surface area contributed by atoms with Gasteiger partial charge in [0, 0.05) is 19.3 Å². The predicted molar refractivity (Wildman–Crippen MR) is 297 cm³/mol. The first-order chi connectivity index (χ1) is 34.0. The van der Waals surface area contributed by atoms with Gasteiger partial charge in [-0.3, -0.25) is 14.4 Å². The standard InChI is InChI=1S/C63H106O6/c1-4-7-10-13-16-19-22-25-27-29-30-31-32-34-35-38-41-44-47-50-53-56-62(65)68-59-60(58-67-61(64)55-52-49-46-43-40-37-24-21-18-15-12-9-6-3)69-63(66)57-54-51-48-45-42-39-36-33-28-26-23-20-17-14-11-8-5-2/h8-9,11-12,17-18,20-21,26,28,36-37,39-40,46,49,60H,4-7,10,13-16,19,22-25,27,29-35,38,41-45,47-48,50-59H2,1-3H3/b11-8-,12-9-,20-17-,21-18-,28-26-,39-36-,40-37-,49-46-. The highest BCUT2D eigenvalue weighted by molar-refractivity contribution is 5.71. The molecule has 1 atom stereocenters. The largest absolute Gasteiger partial charge is 0.462 e. The first-order valence-electron chi connectivity index (χ1n) is 28.7. The second-order valence-corrected chi connectivity index (χ2v) is 18.8. The molecular formula is C63H106O6. The van der Waals surface area contributed by atoms with Gasteiger partial charge in [0.25, 0.3) is 0 Å². The molecule has 0 heterocycles. The van der Waals surface area contributed by atoms with Crippen LogP contribution in [-0.4, -0.2) is 37.2 Å². The van der Waals surface area contributed by atoms with E-state index in [2.05, 4.69) is 106 Å². The summed E-state index contributed by atoms with van der Waals surface area (Å²) in [5, 5.41) is 0. The summed E-state index contributed by atoms with van der Waals surface area (Å²) in [5.41, 5.74) is 0. The number of unbranched alkanes of at least 4 members (excludes halogenated alkanes) is 24. The summed E-state index contributed by atoms with van der Waals surface area (Å²) < 4.78 is 16.8. The Morgan fingerprint density at radius 3 is 0.971 bits per heavy atom. The van der Waals surface area contributed by atoms with Crippen molar-refractivity contribution >= 4 is 17.9 Å². The van der Waals surface area contributed by atoms with Gasteiger partial charge in [0.2, 0.25) is 0 Å². The number of carbonyl (C=O) groups excluding carboxylic acids is 3. The van der Waals surface area contributed by atoms with Crippen molar-refractivity contribution in [2.45, 2.75) is 271 Å². The van der Waals surface area contributed by atoms with Crippen LogP contribution >= 0.6 is 0 Å². The molecule has 0 saturated carbocycles. The molecule has 0 amide bonds. The zero-order chi connectivity index (χ0) is 50.0. The number of rotatable bonds is 51. The molecular weight excluding hydrogens is 853 g/mol. The zero-order valence-electron chi connectivity index (χ0n) is 45.0. The first-order valence-corrected chi connectivity index (χ1v) is 28.7. The van der Waals surface area contributed by atoms with Crippen LogP contribution in [0.4, 0.5) is 0 Å². The summed E-state index contributed by atoms with van der Waals surface area (Å²) in [4.78, 5) is 38.1. The Labute approximate surface area is 426 Å². The fraction of sp³-hybridized carbons (Fsp3) is 0.698. The summed E-state index contributed by atoms with van der Waals surface area (Å²) >= 11 is 0. The molecule has 0 aliphatic carbocycles. The maximum atomic E-state index is 12.8. The van der Waals surface area contributed by atoms with E-state index in [0.29, 0.717) is 12.8 Å². The molecule has 0 rings (SSSR count). The Bertz CT molecular complexity index is 1380. The van der Waals surface area contributed by atoms with Gasteiger partial charge in [-0.15, -0.1) is 0 Å². The normalized spacial score (nSPS) is 12.8. The van der Waals surface area contributed by atoms with Crippen LogP contribution < -0.4 is 0 Å².